The molecular formula is C18H18F3N3O3S. The van der Waals surface area contributed by atoms with Crippen LogP contribution in [-0.4, -0.2) is 46.0 Å². The number of carbonyl (C=O) groups is 1. The van der Waals surface area contributed by atoms with Crippen LogP contribution >= 0.6 is 0 Å². The van der Waals surface area contributed by atoms with Crippen molar-refractivity contribution in [3.63, 3.8) is 0 Å². The maximum absolute atomic E-state index is 13.0. The highest BCUT2D eigenvalue weighted by Crippen LogP contribution is 2.36. The van der Waals surface area contributed by atoms with E-state index < -0.39 is 26.1 Å². The van der Waals surface area contributed by atoms with Crippen molar-refractivity contribution in [3.05, 3.63) is 54.1 Å². The van der Waals surface area contributed by atoms with E-state index in [0.717, 1.165) is 11.8 Å². The van der Waals surface area contributed by atoms with Crippen molar-refractivity contribution in [1.29, 1.82) is 0 Å². The summed E-state index contributed by atoms with van der Waals surface area (Å²) in [6.45, 7) is 1.66. The molecule has 1 amide bonds. The number of hydrogen-bond donors (Lipinski definition) is 1. The van der Waals surface area contributed by atoms with Gasteiger partial charge in [-0.05, 0) is 36.4 Å². The van der Waals surface area contributed by atoms with Gasteiger partial charge in [0.2, 0.25) is 5.91 Å². The summed E-state index contributed by atoms with van der Waals surface area (Å²) in [5, 5.41) is 0. The molecule has 2 aromatic rings. The number of primary amides is 1. The Labute approximate surface area is 160 Å². The van der Waals surface area contributed by atoms with Gasteiger partial charge in [-0.2, -0.15) is 13.2 Å². The van der Waals surface area contributed by atoms with Crippen LogP contribution in [0.15, 0.2) is 53.4 Å². The summed E-state index contributed by atoms with van der Waals surface area (Å²) < 4.78 is 62.8. The van der Waals surface area contributed by atoms with Gasteiger partial charge in [-0.3, -0.25) is 4.79 Å². The molecule has 0 spiro atoms. The van der Waals surface area contributed by atoms with Crippen molar-refractivity contribution >= 4 is 27.1 Å². The average Bonchev–Trinajstić information content (AvgIpc) is 2.67. The van der Waals surface area contributed by atoms with E-state index in [1.165, 1.54) is 18.2 Å². The smallest absolute Gasteiger partial charge is 0.368 e. The molecule has 6 nitrogen and oxygen atoms in total. The van der Waals surface area contributed by atoms with Crippen molar-refractivity contribution in [1.82, 2.24) is 0 Å². The first-order valence-electron chi connectivity index (χ1n) is 8.41. The Balaban J connectivity index is 1.78. The van der Waals surface area contributed by atoms with Gasteiger partial charge in [-0.15, -0.1) is 0 Å². The molecule has 1 aliphatic rings. The van der Waals surface area contributed by atoms with Crippen LogP contribution in [0.1, 0.15) is 10.4 Å². The Morgan fingerprint density at radius 3 is 1.96 bits per heavy atom. The SMILES string of the molecule is NC(=O)c1ccc(N2CCN(c3ccccc3S(=O)(=O)C(F)(F)F)CC2)cc1. The van der Waals surface area contributed by atoms with Crippen LogP contribution in [0.2, 0.25) is 0 Å². The molecule has 0 unspecified atom stereocenters. The van der Waals surface area contributed by atoms with Gasteiger partial charge in [0.05, 0.1) is 10.6 Å². The fourth-order valence-corrected chi connectivity index (χ4v) is 4.09. The Morgan fingerprint density at radius 1 is 0.893 bits per heavy atom. The average molecular weight is 413 g/mol. The lowest BCUT2D eigenvalue weighted by Crippen LogP contribution is -2.47. The quantitative estimate of drug-likeness (QED) is 0.832. The van der Waals surface area contributed by atoms with Gasteiger partial charge in [-0.25, -0.2) is 8.42 Å². The molecule has 0 bridgehead atoms. The normalized spacial score (nSPS) is 15.5. The molecule has 10 heteroatoms. The number of nitrogens with two attached hydrogens (primary N) is 1. The minimum absolute atomic E-state index is 0.0450. The van der Waals surface area contributed by atoms with E-state index in [2.05, 4.69) is 0 Å². The zero-order chi connectivity index (χ0) is 20.5. The summed E-state index contributed by atoms with van der Waals surface area (Å²) in [5.41, 5.74) is 1.14. The largest absolute Gasteiger partial charge is 0.501 e. The molecule has 2 N–H and O–H groups in total. The van der Waals surface area contributed by atoms with Gasteiger partial charge < -0.3 is 15.5 Å². The van der Waals surface area contributed by atoms with Gasteiger partial charge in [0.25, 0.3) is 9.84 Å². The Hall–Kier alpha value is -2.75. The number of piperazine rings is 1. The van der Waals surface area contributed by atoms with Crippen molar-refractivity contribution in [2.45, 2.75) is 10.4 Å². The third kappa shape index (κ3) is 3.77. The third-order valence-electron chi connectivity index (χ3n) is 4.60. The summed E-state index contributed by atoms with van der Waals surface area (Å²) in [4.78, 5) is 14.0. The first kappa shape index (κ1) is 20.0. The monoisotopic (exact) mass is 413 g/mol. The Bertz CT molecular complexity index is 968. The van der Waals surface area contributed by atoms with Gasteiger partial charge in [-0.1, -0.05) is 12.1 Å². The van der Waals surface area contributed by atoms with Crippen LogP contribution < -0.4 is 15.5 Å². The number of nitrogens with zero attached hydrogens (tertiary/aromatic N) is 2. The van der Waals surface area contributed by atoms with Crippen LogP contribution in [0.3, 0.4) is 0 Å². The number of carbonyl (C=O) groups excluding carboxylic acids is 1. The lowest BCUT2D eigenvalue weighted by Gasteiger charge is -2.38. The summed E-state index contributed by atoms with van der Waals surface area (Å²) in [5.74, 6) is -0.529. The topological polar surface area (TPSA) is 83.7 Å². The predicted octanol–water partition coefficient (Wildman–Crippen LogP) is 2.41. The van der Waals surface area contributed by atoms with Crippen LogP contribution in [-0.2, 0) is 9.84 Å². The van der Waals surface area contributed by atoms with Gasteiger partial charge in [0, 0.05) is 37.4 Å². The molecule has 0 atom stereocenters. The van der Waals surface area contributed by atoms with E-state index in [1.807, 2.05) is 4.90 Å². The molecule has 2 aromatic carbocycles. The summed E-state index contributed by atoms with van der Waals surface area (Å²) in [6, 6.07) is 11.9. The standard InChI is InChI=1S/C18H18F3N3O3S/c19-18(20,21)28(26,27)16-4-2-1-3-15(16)24-11-9-23(10-12-24)14-7-5-13(6-8-14)17(22)25/h1-8H,9-12H2,(H2,22,25). The molecular weight excluding hydrogens is 395 g/mol. The number of amides is 1. The fraction of sp³-hybridized carbons (Fsp3) is 0.278. The molecule has 1 fully saturated rings. The molecule has 0 saturated carbocycles. The number of rotatable bonds is 4. The zero-order valence-corrected chi connectivity index (χ0v) is 15.5. The molecule has 1 heterocycles. The maximum Gasteiger partial charge on any atom is 0.501 e. The maximum atomic E-state index is 13.0. The summed E-state index contributed by atoms with van der Waals surface area (Å²) in [6.07, 6.45) is 0. The van der Waals surface area contributed by atoms with E-state index in [0.29, 0.717) is 31.7 Å². The van der Waals surface area contributed by atoms with Gasteiger partial charge in [0.1, 0.15) is 0 Å². The van der Waals surface area contributed by atoms with Crippen LogP contribution in [0.25, 0.3) is 0 Å². The number of sulfone groups is 1. The second-order valence-electron chi connectivity index (χ2n) is 6.30. The Morgan fingerprint density at radius 2 is 1.43 bits per heavy atom. The van der Waals surface area contributed by atoms with E-state index in [9.17, 15) is 26.4 Å². The van der Waals surface area contributed by atoms with Crippen LogP contribution in [0, 0.1) is 0 Å². The van der Waals surface area contributed by atoms with Crippen LogP contribution in [0.5, 0.6) is 0 Å². The molecule has 0 aliphatic carbocycles. The fourth-order valence-electron chi connectivity index (χ4n) is 3.11. The van der Waals surface area contributed by atoms with Crippen molar-refractivity contribution < 1.29 is 26.4 Å². The number of hydrogen-bond acceptors (Lipinski definition) is 5. The number of alkyl halides is 3. The first-order chi connectivity index (χ1) is 13.1. The van der Waals surface area contributed by atoms with Crippen molar-refractivity contribution in [2.75, 3.05) is 36.0 Å². The molecule has 0 radical (unpaired) electrons. The van der Waals surface area contributed by atoms with E-state index in [1.54, 1.807) is 29.2 Å². The zero-order valence-electron chi connectivity index (χ0n) is 14.7. The highest BCUT2D eigenvalue weighted by molar-refractivity contribution is 7.92. The third-order valence-corrected chi connectivity index (χ3v) is 6.13. The lowest BCUT2D eigenvalue weighted by molar-refractivity contribution is -0.0435. The molecule has 1 saturated heterocycles. The number of anilines is 2. The minimum Gasteiger partial charge on any atom is -0.368 e. The van der Waals surface area contributed by atoms with Crippen molar-refractivity contribution in [2.24, 2.45) is 5.73 Å². The highest BCUT2D eigenvalue weighted by Gasteiger charge is 2.48. The second-order valence-corrected chi connectivity index (χ2v) is 8.21. The molecule has 3 rings (SSSR count). The minimum atomic E-state index is -5.43. The number of benzene rings is 2. The Kier molecular flexibility index (Phi) is 5.24. The second kappa shape index (κ2) is 7.34. The van der Waals surface area contributed by atoms with Crippen LogP contribution in [0.4, 0.5) is 24.5 Å². The van der Waals surface area contributed by atoms with E-state index in [4.69, 9.17) is 5.73 Å². The number of halogens is 3. The number of para-hydroxylation sites is 1. The first-order valence-corrected chi connectivity index (χ1v) is 9.90. The van der Waals surface area contributed by atoms with Gasteiger partial charge in [0.15, 0.2) is 0 Å². The van der Waals surface area contributed by atoms with E-state index in [-0.39, 0.29) is 5.69 Å². The molecule has 0 aromatic heterocycles. The summed E-state index contributed by atoms with van der Waals surface area (Å²) in [7, 11) is -5.43. The molecule has 1 aliphatic heterocycles. The van der Waals surface area contributed by atoms with E-state index >= 15 is 0 Å². The lowest BCUT2D eigenvalue weighted by atomic mass is 10.1. The summed E-state index contributed by atoms with van der Waals surface area (Å²) >= 11 is 0. The van der Waals surface area contributed by atoms with Crippen molar-refractivity contribution in [3.8, 4) is 0 Å². The molecule has 150 valence electrons. The highest BCUT2D eigenvalue weighted by atomic mass is 32.2. The van der Waals surface area contributed by atoms with Gasteiger partial charge >= 0.3 is 5.51 Å². The predicted molar refractivity (Wildman–Crippen MR) is 99.1 cm³/mol. The molecule has 28 heavy (non-hydrogen) atoms.